The first kappa shape index (κ1) is 20.1. The summed E-state index contributed by atoms with van der Waals surface area (Å²) in [5.74, 6) is 0.0198. The lowest BCUT2D eigenvalue weighted by molar-refractivity contribution is -0.126. The summed E-state index contributed by atoms with van der Waals surface area (Å²) in [6, 6.07) is 8.25. The zero-order chi connectivity index (χ0) is 19.3. The van der Waals surface area contributed by atoms with Crippen LogP contribution in [0.2, 0.25) is 0 Å². The number of morpholine rings is 1. The highest BCUT2D eigenvalue weighted by Crippen LogP contribution is 2.21. The average molecular weight is 396 g/mol. The van der Waals surface area contributed by atoms with Crippen LogP contribution in [0.4, 0.5) is 5.69 Å². The third-order valence-corrected chi connectivity index (χ3v) is 7.24. The lowest BCUT2D eigenvalue weighted by Crippen LogP contribution is -2.43. The molecule has 0 spiro atoms. The number of hydrogen-bond acceptors (Lipinski definition) is 5. The first-order chi connectivity index (χ1) is 13.0. The zero-order valence-corrected chi connectivity index (χ0v) is 16.7. The molecule has 0 aliphatic carbocycles. The van der Waals surface area contributed by atoms with E-state index < -0.39 is 10.0 Å². The summed E-state index contributed by atoms with van der Waals surface area (Å²) >= 11 is 0. The summed E-state index contributed by atoms with van der Waals surface area (Å²) in [6.45, 7) is 6.34. The Bertz CT molecular complexity index is 722. The lowest BCUT2D eigenvalue weighted by Gasteiger charge is -2.30. The fourth-order valence-electron chi connectivity index (χ4n) is 3.56. The van der Waals surface area contributed by atoms with Crippen molar-refractivity contribution in [2.24, 2.45) is 5.92 Å². The van der Waals surface area contributed by atoms with Crippen molar-refractivity contribution in [3.8, 4) is 0 Å². The Balaban J connectivity index is 1.45. The van der Waals surface area contributed by atoms with E-state index in [1.807, 2.05) is 12.1 Å². The summed E-state index contributed by atoms with van der Waals surface area (Å²) in [4.78, 5) is 14.7. The number of ether oxygens (including phenoxy) is 1. The van der Waals surface area contributed by atoms with Crippen LogP contribution in [0.25, 0.3) is 0 Å². The highest BCUT2D eigenvalue weighted by atomic mass is 32.2. The van der Waals surface area contributed by atoms with Crippen molar-refractivity contribution in [3.05, 3.63) is 29.8 Å². The number of carbonyl (C=O) groups is 1. The number of piperidine rings is 1. The zero-order valence-electron chi connectivity index (χ0n) is 15.9. The normalized spacial score (nSPS) is 19.8. The number of nitrogens with zero attached hydrogens (tertiary/aromatic N) is 2. The Labute approximate surface area is 161 Å². The van der Waals surface area contributed by atoms with E-state index in [4.69, 9.17) is 4.74 Å². The molecular weight excluding hydrogens is 366 g/mol. The largest absolute Gasteiger partial charge is 0.378 e. The average Bonchev–Trinajstić information content (AvgIpc) is 2.73. The fourth-order valence-corrected chi connectivity index (χ4v) is 4.69. The van der Waals surface area contributed by atoms with Gasteiger partial charge >= 0.3 is 0 Å². The van der Waals surface area contributed by atoms with E-state index in [1.165, 1.54) is 9.99 Å². The van der Waals surface area contributed by atoms with E-state index in [9.17, 15) is 13.2 Å². The highest BCUT2D eigenvalue weighted by Gasteiger charge is 2.29. The van der Waals surface area contributed by atoms with E-state index in [2.05, 4.69) is 22.3 Å². The van der Waals surface area contributed by atoms with Gasteiger partial charge in [-0.25, -0.2) is 12.7 Å². The van der Waals surface area contributed by atoms with Gasteiger partial charge in [0.05, 0.1) is 19.0 Å². The monoisotopic (exact) mass is 395 g/mol. The van der Waals surface area contributed by atoms with E-state index in [1.54, 1.807) is 6.92 Å². The fraction of sp³-hybridized carbons (Fsp3) is 0.632. The van der Waals surface area contributed by atoms with Crippen LogP contribution in [-0.2, 0) is 26.1 Å². The second kappa shape index (κ2) is 9.03. The van der Waals surface area contributed by atoms with Crippen LogP contribution in [-0.4, -0.2) is 63.8 Å². The Kier molecular flexibility index (Phi) is 6.73. The first-order valence-electron chi connectivity index (χ1n) is 9.67. The Morgan fingerprint density at radius 1 is 1.11 bits per heavy atom. The number of rotatable bonds is 6. The molecule has 27 heavy (non-hydrogen) atoms. The maximum absolute atomic E-state index is 12.4. The van der Waals surface area contributed by atoms with Gasteiger partial charge in [-0.3, -0.25) is 4.79 Å². The molecule has 0 radical (unpaired) electrons. The summed E-state index contributed by atoms with van der Waals surface area (Å²) in [6.07, 6.45) is 1.17. The molecule has 2 aliphatic rings. The van der Waals surface area contributed by atoms with Crippen LogP contribution in [0, 0.1) is 5.92 Å². The van der Waals surface area contributed by atoms with Gasteiger partial charge in [-0.05, 0) is 37.5 Å². The van der Waals surface area contributed by atoms with Crippen LogP contribution >= 0.6 is 0 Å². The smallest absolute Gasteiger partial charge is 0.223 e. The minimum Gasteiger partial charge on any atom is -0.378 e. The molecule has 2 saturated heterocycles. The van der Waals surface area contributed by atoms with Gasteiger partial charge in [0.25, 0.3) is 0 Å². The maximum atomic E-state index is 12.4. The van der Waals surface area contributed by atoms with Crippen molar-refractivity contribution < 1.29 is 17.9 Å². The number of hydrogen-bond donors (Lipinski definition) is 1. The number of benzene rings is 1. The number of sulfonamides is 1. The predicted octanol–water partition coefficient (Wildman–Crippen LogP) is 1.20. The Morgan fingerprint density at radius 3 is 2.33 bits per heavy atom. The standard InChI is InChI=1S/C19H29N3O4S/c1-2-27(24,25)22-9-7-17(8-10-22)19(23)20-15-16-3-5-18(6-4-16)21-11-13-26-14-12-21/h3-6,17H,2,7-15H2,1H3,(H,20,23). The maximum Gasteiger partial charge on any atom is 0.223 e. The minimum atomic E-state index is -3.15. The first-order valence-corrected chi connectivity index (χ1v) is 11.3. The molecule has 1 amide bonds. The Morgan fingerprint density at radius 2 is 1.74 bits per heavy atom. The van der Waals surface area contributed by atoms with Crippen molar-refractivity contribution in [3.63, 3.8) is 0 Å². The van der Waals surface area contributed by atoms with Crippen LogP contribution in [0.3, 0.4) is 0 Å². The molecule has 3 rings (SSSR count). The van der Waals surface area contributed by atoms with Crippen LogP contribution < -0.4 is 10.2 Å². The summed E-state index contributed by atoms with van der Waals surface area (Å²) < 4.78 is 30.7. The van der Waals surface area contributed by atoms with Crippen LogP contribution in [0.5, 0.6) is 0 Å². The van der Waals surface area contributed by atoms with Crippen LogP contribution in [0.15, 0.2) is 24.3 Å². The van der Waals surface area contributed by atoms with Crippen molar-refractivity contribution in [1.29, 1.82) is 0 Å². The molecule has 0 bridgehead atoms. The molecule has 0 saturated carbocycles. The molecule has 1 aromatic carbocycles. The van der Waals surface area contributed by atoms with Crippen molar-refractivity contribution >= 4 is 21.6 Å². The lowest BCUT2D eigenvalue weighted by atomic mass is 9.97. The third-order valence-electron chi connectivity index (χ3n) is 5.36. The second-order valence-electron chi connectivity index (χ2n) is 7.06. The molecule has 150 valence electrons. The molecule has 0 atom stereocenters. The third kappa shape index (κ3) is 5.21. The molecule has 8 heteroatoms. The van der Waals surface area contributed by atoms with E-state index in [0.717, 1.165) is 31.9 Å². The Hall–Kier alpha value is -1.64. The van der Waals surface area contributed by atoms with Gasteiger partial charge < -0.3 is 15.0 Å². The topological polar surface area (TPSA) is 79.0 Å². The highest BCUT2D eigenvalue weighted by molar-refractivity contribution is 7.89. The molecular formula is C19H29N3O4S. The number of nitrogens with one attached hydrogen (secondary N) is 1. The SMILES string of the molecule is CCS(=O)(=O)N1CCC(C(=O)NCc2ccc(N3CCOCC3)cc2)CC1. The number of carbonyl (C=O) groups excluding carboxylic acids is 1. The van der Waals surface area contributed by atoms with Gasteiger partial charge in [0, 0.05) is 44.3 Å². The molecule has 1 N–H and O–H groups in total. The quantitative estimate of drug-likeness (QED) is 0.783. The summed E-state index contributed by atoms with van der Waals surface area (Å²) in [7, 11) is -3.15. The van der Waals surface area contributed by atoms with Crippen molar-refractivity contribution in [2.75, 3.05) is 50.0 Å². The summed E-state index contributed by atoms with van der Waals surface area (Å²) in [5, 5.41) is 2.99. The van der Waals surface area contributed by atoms with Gasteiger partial charge in [-0.2, -0.15) is 0 Å². The van der Waals surface area contributed by atoms with Gasteiger partial charge in [0.1, 0.15) is 0 Å². The van der Waals surface area contributed by atoms with E-state index >= 15 is 0 Å². The summed E-state index contributed by atoms with van der Waals surface area (Å²) in [5.41, 5.74) is 2.24. The van der Waals surface area contributed by atoms with Crippen LogP contribution in [0.1, 0.15) is 25.3 Å². The molecule has 2 fully saturated rings. The second-order valence-corrected chi connectivity index (χ2v) is 9.32. The molecule has 2 aliphatic heterocycles. The minimum absolute atomic E-state index is 0.0146. The van der Waals surface area contributed by atoms with E-state index in [0.29, 0.717) is 32.5 Å². The molecule has 1 aromatic rings. The van der Waals surface area contributed by atoms with Gasteiger partial charge in [0.15, 0.2) is 0 Å². The van der Waals surface area contributed by atoms with E-state index in [-0.39, 0.29) is 17.6 Å². The molecule has 2 heterocycles. The van der Waals surface area contributed by atoms with Crippen molar-refractivity contribution in [1.82, 2.24) is 9.62 Å². The number of anilines is 1. The number of amides is 1. The van der Waals surface area contributed by atoms with Crippen molar-refractivity contribution in [2.45, 2.75) is 26.3 Å². The van der Waals surface area contributed by atoms with Gasteiger partial charge in [-0.15, -0.1) is 0 Å². The van der Waals surface area contributed by atoms with Gasteiger partial charge in [-0.1, -0.05) is 12.1 Å². The molecule has 0 aromatic heterocycles. The predicted molar refractivity (Wildman–Crippen MR) is 105 cm³/mol. The van der Waals surface area contributed by atoms with Gasteiger partial charge in [0.2, 0.25) is 15.9 Å². The molecule has 7 nitrogen and oxygen atoms in total. The molecule has 0 unspecified atom stereocenters.